The van der Waals surface area contributed by atoms with E-state index in [-0.39, 0.29) is 10.0 Å². The van der Waals surface area contributed by atoms with Gasteiger partial charge in [-0.05, 0) is 35.4 Å². The largest absolute Gasteiger partial charge is 0.267 e. The summed E-state index contributed by atoms with van der Waals surface area (Å²) in [6.45, 7) is 2.08. The van der Waals surface area contributed by atoms with Crippen molar-refractivity contribution in [2.45, 2.75) is 22.6 Å². The first kappa shape index (κ1) is 33.1. The van der Waals surface area contributed by atoms with Gasteiger partial charge in [0.15, 0.2) is 5.69 Å². The van der Waals surface area contributed by atoms with Crippen LogP contribution in [-0.4, -0.2) is 27.0 Å². The van der Waals surface area contributed by atoms with Crippen LogP contribution in [0.15, 0.2) is 106 Å². The number of primary sulfonamides is 1. The molecule has 0 atom stereocenters. The van der Waals surface area contributed by atoms with Crippen molar-refractivity contribution in [1.29, 1.82) is 0 Å². The van der Waals surface area contributed by atoms with Crippen LogP contribution in [0.3, 0.4) is 0 Å². The number of aryl methyl sites for hydroxylation is 1. The highest BCUT2D eigenvalue weighted by atomic mass is 35.7. The Bertz CT molecular complexity index is 1950. The van der Waals surface area contributed by atoms with E-state index < -0.39 is 34.6 Å². The van der Waals surface area contributed by atoms with Gasteiger partial charge in [0.25, 0.3) is 20.0 Å². The van der Waals surface area contributed by atoms with Crippen LogP contribution in [-0.2, 0) is 26.5 Å². The maximum atomic E-state index is 13.0. The van der Waals surface area contributed by atoms with E-state index in [9.17, 15) is 16.8 Å². The third-order valence-corrected chi connectivity index (χ3v) is 9.59. The molecule has 0 bridgehead atoms. The number of hydrogen-bond donors (Lipinski definition) is 2. The van der Waals surface area contributed by atoms with Crippen LogP contribution in [0.1, 0.15) is 12.6 Å². The maximum Gasteiger partial charge on any atom is 0.267 e. The molecule has 0 aliphatic carbocycles. The van der Waals surface area contributed by atoms with Gasteiger partial charge in [0, 0.05) is 36.2 Å². The summed E-state index contributed by atoms with van der Waals surface area (Å²) >= 11 is 0.536. The Hall–Kier alpha value is -3.84. The normalized spacial score (nSPS) is 11.9. The second-order valence-electron chi connectivity index (χ2n) is 8.94. The molecule has 0 saturated heterocycles. The molecule has 0 saturated carbocycles. The highest BCUT2D eigenvalue weighted by molar-refractivity contribution is 7.93. The number of nitrogens with two attached hydrogens (primary N) is 1. The standard InChI is InChI=1S/C27H24N5O4S3.ClHO4/c1-2-22-17-21(19-9-5-3-6-10-19)18-25(20-11-7-4-8-12-20)32(22)23-13-15-24(16-14-23)39(35,36)31-26-29-30-27(37-26)38(28,33)34;2-1(3,4)5/h3-18H,2H2,1H3,(H,29,31)(H2,28,33,34);(H,2,3,4,5)/q+1;/p-1. The highest BCUT2D eigenvalue weighted by Gasteiger charge is 2.25. The number of hydrogen-bond acceptors (Lipinski definition) is 11. The van der Waals surface area contributed by atoms with Crippen molar-refractivity contribution in [2.75, 3.05) is 4.72 Å². The maximum absolute atomic E-state index is 13.0. The number of benzene rings is 3. The third kappa shape index (κ3) is 8.63. The summed E-state index contributed by atoms with van der Waals surface area (Å²) in [6, 6.07) is 30.9. The summed E-state index contributed by atoms with van der Waals surface area (Å²) in [4.78, 5) is -0.0144. The van der Waals surface area contributed by atoms with Crippen LogP contribution in [0, 0.1) is 10.2 Å². The second kappa shape index (κ2) is 13.4. The van der Waals surface area contributed by atoms with Crippen LogP contribution >= 0.6 is 11.3 Å². The minimum absolute atomic E-state index is 0.0144. The van der Waals surface area contributed by atoms with Gasteiger partial charge in [0.1, 0.15) is 0 Å². The first-order chi connectivity index (χ1) is 20.7. The van der Waals surface area contributed by atoms with E-state index in [1.54, 1.807) is 12.1 Å². The van der Waals surface area contributed by atoms with Crippen molar-refractivity contribution < 1.29 is 50.3 Å². The Labute approximate surface area is 259 Å². The summed E-state index contributed by atoms with van der Waals surface area (Å²) in [6.07, 6.45) is 0.742. The lowest BCUT2D eigenvalue weighted by molar-refractivity contribution is -2.00. The number of nitrogens with zero attached hydrogens (tertiary/aromatic N) is 3. The Morgan fingerprint density at radius 3 is 1.84 bits per heavy atom. The number of anilines is 1. The number of sulfonamides is 2. The van der Waals surface area contributed by atoms with Crippen molar-refractivity contribution >= 4 is 36.5 Å². The Balaban J connectivity index is 0.000000818. The predicted octanol–water partition coefficient (Wildman–Crippen LogP) is -0.597. The molecule has 2 aromatic heterocycles. The molecule has 0 unspecified atom stereocenters. The molecule has 3 aromatic carbocycles. The molecule has 13 nitrogen and oxygen atoms in total. The molecule has 5 aromatic rings. The van der Waals surface area contributed by atoms with Gasteiger partial charge >= 0.3 is 0 Å². The summed E-state index contributed by atoms with van der Waals surface area (Å²) in [5.41, 5.74) is 6.01. The molecule has 3 N–H and O–H groups in total. The molecule has 2 heterocycles. The summed E-state index contributed by atoms with van der Waals surface area (Å²) in [5, 5.41) is 11.8. The summed E-state index contributed by atoms with van der Waals surface area (Å²) < 4.78 is 86.7. The topological polar surface area (TPSA) is 228 Å². The fourth-order valence-electron chi connectivity index (χ4n) is 4.15. The monoisotopic (exact) mass is 677 g/mol. The molecule has 0 aliphatic heterocycles. The lowest BCUT2D eigenvalue weighted by atomic mass is 10.0. The number of pyridine rings is 1. The predicted molar refractivity (Wildman–Crippen MR) is 150 cm³/mol. The van der Waals surface area contributed by atoms with E-state index in [0.717, 1.165) is 40.2 Å². The number of nitrogens with one attached hydrogen (secondary N) is 1. The van der Waals surface area contributed by atoms with Crippen molar-refractivity contribution in [2.24, 2.45) is 5.14 Å². The fourth-order valence-corrected chi connectivity index (χ4v) is 6.71. The molecule has 230 valence electrons. The van der Waals surface area contributed by atoms with Crippen LogP contribution in [0.2, 0.25) is 0 Å². The van der Waals surface area contributed by atoms with Gasteiger partial charge in [0.05, 0.1) is 4.90 Å². The Morgan fingerprint density at radius 1 is 0.795 bits per heavy atom. The molecule has 0 spiro atoms. The number of rotatable bonds is 8. The molecular formula is C27H24ClN5O8S3. The molecule has 0 fully saturated rings. The molecular weight excluding hydrogens is 654 g/mol. The van der Waals surface area contributed by atoms with E-state index in [1.165, 1.54) is 12.1 Å². The van der Waals surface area contributed by atoms with E-state index in [1.807, 2.05) is 48.5 Å². The second-order valence-corrected chi connectivity index (χ2v) is 14.1. The lowest BCUT2D eigenvalue weighted by Crippen LogP contribution is -2.68. The smallest absolute Gasteiger partial charge is 0.253 e. The molecule has 5 rings (SSSR count). The van der Waals surface area contributed by atoms with Gasteiger partial charge in [-0.2, -0.15) is 4.57 Å². The van der Waals surface area contributed by atoms with Crippen molar-refractivity contribution in [3.8, 4) is 28.1 Å². The minimum Gasteiger partial charge on any atom is -0.253 e. The van der Waals surface area contributed by atoms with E-state index in [4.69, 9.17) is 23.8 Å². The van der Waals surface area contributed by atoms with E-state index in [2.05, 4.69) is 50.7 Å². The van der Waals surface area contributed by atoms with Crippen molar-refractivity contribution in [3.63, 3.8) is 0 Å². The first-order valence-electron chi connectivity index (χ1n) is 12.5. The van der Waals surface area contributed by atoms with Crippen LogP contribution in [0.5, 0.6) is 0 Å². The van der Waals surface area contributed by atoms with Crippen molar-refractivity contribution in [3.05, 3.63) is 103 Å². The van der Waals surface area contributed by atoms with Gasteiger partial charge < -0.3 is 0 Å². The van der Waals surface area contributed by atoms with Gasteiger partial charge in [-0.15, -0.1) is 20.4 Å². The Kier molecular flexibility index (Phi) is 10.1. The van der Waals surface area contributed by atoms with Crippen LogP contribution < -0.4 is 33.1 Å². The average Bonchev–Trinajstić information content (AvgIpc) is 3.45. The molecule has 0 amide bonds. The van der Waals surface area contributed by atoms with E-state index >= 15 is 0 Å². The summed E-state index contributed by atoms with van der Waals surface area (Å²) in [5.74, 6) is 0. The quantitative estimate of drug-likeness (QED) is 0.198. The van der Waals surface area contributed by atoms with Crippen LogP contribution in [0.4, 0.5) is 5.13 Å². The zero-order valence-corrected chi connectivity index (χ0v) is 25.9. The van der Waals surface area contributed by atoms with Gasteiger partial charge in [-0.3, -0.25) is 4.72 Å². The highest BCUT2D eigenvalue weighted by Crippen LogP contribution is 2.27. The lowest BCUT2D eigenvalue weighted by Gasteiger charge is -2.17. The number of halogens is 1. The third-order valence-electron chi connectivity index (χ3n) is 5.96. The van der Waals surface area contributed by atoms with E-state index in [0.29, 0.717) is 11.3 Å². The van der Waals surface area contributed by atoms with Gasteiger partial charge in [-0.25, -0.2) is 40.6 Å². The van der Waals surface area contributed by atoms with Gasteiger partial charge in [-0.1, -0.05) is 66.8 Å². The number of aromatic nitrogens is 3. The summed E-state index contributed by atoms with van der Waals surface area (Å²) in [7, 11) is -13.1. The minimum atomic E-state index is -4.94. The van der Waals surface area contributed by atoms with Crippen LogP contribution in [0.25, 0.3) is 28.1 Å². The fraction of sp³-hybridized carbons (Fsp3) is 0.0741. The zero-order valence-electron chi connectivity index (χ0n) is 22.7. The Morgan fingerprint density at radius 2 is 1.34 bits per heavy atom. The average molecular weight is 678 g/mol. The SMILES string of the molecule is CCc1cc(-c2ccccc2)cc(-c2ccccc2)[n+]1-c1ccc(S(=O)(=O)Nc2nnc(S(N)(=O)=O)s2)cc1.[O-][Cl+3]([O-])([O-])[O-]. The molecule has 44 heavy (non-hydrogen) atoms. The molecule has 17 heteroatoms. The molecule has 0 radical (unpaired) electrons. The molecule has 0 aliphatic rings. The zero-order chi connectivity index (χ0) is 32.1. The first-order valence-corrected chi connectivity index (χ1v) is 17.5. The van der Waals surface area contributed by atoms with Crippen molar-refractivity contribution in [1.82, 2.24) is 10.2 Å². The van der Waals surface area contributed by atoms with Gasteiger partial charge in [0.2, 0.25) is 20.9 Å².